The van der Waals surface area contributed by atoms with Crippen LogP contribution in [0.25, 0.3) is 43.7 Å². The van der Waals surface area contributed by atoms with Crippen molar-refractivity contribution in [2.75, 3.05) is 36.4 Å². The summed E-state index contributed by atoms with van der Waals surface area (Å²) < 4.78 is 83.6. The Morgan fingerprint density at radius 3 is 1.41 bits per heavy atom. The summed E-state index contributed by atoms with van der Waals surface area (Å²) in [4.78, 5) is 49.3. The number of rotatable bonds is 14. The summed E-state index contributed by atoms with van der Waals surface area (Å²) >= 11 is 2.13. The second-order valence-corrected chi connectivity index (χ2v) is 19.0. The van der Waals surface area contributed by atoms with E-state index in [2.05, 4.69) is 48.9 Å². The third-order valence-corrected chi connectivity index (χ3v) is 12.9. The maximum Gasteiger partial charge on any atom is 0.400 e. The lowest BCUT2D eigenvalue weighted by Crippen LogP contribution is -2.25. The van der Waals surface area contributed by atoms with E-state index < -0.39 is 55.1 Å². The van der Waals surface area contributed by atoms with Crippen molar-refractivity contribution in [3.8, 4) is 43.7 Å². The molecule has 0 saturated carbocycles. The van der Waals surface area contributed by atoms with Crippen molar-refractivity contribution < 1.29 is 48.7 Å². The molecule has 4 heterocycles. The second kappa shape index (κ2) is 16.5. The number of aromatic nitrogens is 6. The molecule has 0 aliphatic carbocycles. The summed E-state index contributed by atoms with van der Waals surface area (Å²) in [6.07, 6.45) is 8.30. The zero-order valence-electron chi connectivity index (χ0n) is 29.6. The van der Waals surface area contributed by atoms with Crippen molar-refractivity contribution in [2.24, 2.45) is 0 Å². The van der Waals surface area contributed by atoms with Gasteiger partial charge < -0.3 is 15.4 Å². The van der Waals surface area contributed by atoms with Crippen LogP contribution in [0.3, 0.4) is 0 Å². The van der Waals surface area contributed by atoms with Crippen LogP contribution in [0.15, 0.2) is 71.0 Å². The van der Waals surface area contributed by atoms with E-state index in [0.29, 0.717) is 55.0 Å². The Morgan fingerprint density at radius 1 is 0.679 bits per heavy atom. The number of sulfone groups is 2. The molecule has 56 heavy (non-hydrogen) atoms. The first-order chi connectivity index (χ1) is 25.9. The minimum atomic E-state index is -4.80. The molecule has 6 N–H and O–H groups in total. The van der Waals surface area contributed by atoms with E-state index in [1.165, 1.54) is 24.5 Å². The molecule has 0 spiro atoms. The molecule has 6 rings (SSSR count). The van der Waals surface area contributed by atoms with Crippen LogP contribution < -0.4 is 10.6 Å². The van der Waals surface area contributed by atoms with Gasteiger partial charge in [0.1, 0.15) is 24.9 Å². The Hall–Kier alpha value is -5.21. The van der Waals surface area contributed by atoms with Gasteiger partial charge in [-0.3, -0.25) is 20.2 Å². The second-order valence-electron chi connectivity index (χ2n) is 11.7. The molecule has 19 nitrogen and oxygen atoms in total. The van der Waals surface area contributed by atoms with Crippen LogP contribution in [0.1, 0.15) is 11.4 Å². The summed E-state index contributed by atoms with van der Waals surface area (Å²) in [6.45, 7) is 1.39. The van der Waals surface area contributed by atoms with Gasteiger partial charge in [0, 0.05) is 48.4 Å². The van der Waals surface area contributed by atoms with Crippen LogP contribution >= 0.6 is 22.7 Å². The number of aromatic amines is 2. The van der Waals surface area contributed by atoms with Gasteiger partial charge in [0.15, 0.2) is 29.9 Å². The van der Waals surface area contributed by atoms with Gasteiger partial charge in [-0.05, 0) is 49.2 Å². The van der Waals surface area contributed by atoms with Gasteiger partial charge in [-0.1, -0.05) is 34.8 Å². The summed E-state index contributed by atoms with van der Waals surface area (Å²) in [5.41, 5.74) is 2.92. The fourth-order valence-corrected chi connectivity index (χ4v) is 9.49. The maximum absolute atomic E-state index is 12.6. The van der Waals surface area contributed by atoms with E-state index in [1.54, 1.807) is 50.5 Å². The summed E-state index contributed by atoms with van der Waals surface area (Å²) in [6, 6.07) is 9.39. The van der Waals surface area contributed by atoms with E-state index >= 15 is 0 Å². The Labute approximate surface area is 328 Å². The van der Waals surface area contributed by atoms with Crippen molar-refractivity contribution in [2.45, 2.75) is 23.6 Å². The molecule has 0 atom stereocenters. The highest BCUT2D eigenvalue weighted by molar-refractivity contribution is 7.91. The van der Waals surface area contributed by atoms with E-state index in [4.69, 9.17) is 0 Å². The number of carbonyl (C=O) groups excluding carboxylic acids is 2. The highest BCUT2D eigenvalue weighted by Gasteiger charge is 2.23. The quantitative estimate of drug-likeness (QED) is 0.122. The number of nitrogens with zero attached hydrogens (tertiary/aromatic N) is 4. The van der Waals surface area contributed by atoms with Gasteiger partial charge in [-0.25, -0.2) is 45.1 Å². The Morgan fingerprint density at radius 2 is 1.07 bits per heavy atom. The van der Waals surface area contributed by atoms with Gasteiger partial charge in [0.2, 0.25) is 0 Å². The first kappa shape index (κ1) is 41.9. The third kappa shape index (κ3) is 9.77. The molecule has 0 unspecified atom stereocenters. The summed E-state index contributed by atoms with van der Waals surface area (Å²) in [5.74, 6) is -1.07. The lowest BCUT2D eigenvalue weighted by atomic mass is 10.1. The van der Waals surface area contributed by atoms with Gasteiger partial charge in [0.05, 0.1) is 30.9 Å². The number of anilines is 2. The number of thiazole rings is 2. The molecule has 0 bridgehead atoms. The van der Waals surface area contributed by atoms with Crippen molar-refractivity contribution >= 4 is 74.8 Å². The smallest absolute Gasteiger partial charge is 0.400 e. The molecule has 0 radical (unpaired) electrons. The van der Waals surface area contributed by atoms with Crippen LogP contribution in [-0.2, 0) is 48.0 Å². The molecule has 0 aliphatic heterocycles. The summed E-state index contributed by atoms with van der Waals surface area (Å²) in [5, 5.41) is 5.14. The molecule has 0 aliphatic rings. The van der Waals surface area contributed by atoms with Gasteiger partial charge >= 0.3 is 10.4 Å². The number of H-pyrrole nitrogens is 2. The number of hydrogen-bond acceptors (Lipinski definition) is 16. The lowest BCUT2D eigenvalue weighted by molar-refractivity contribution is -0.118. The number of carbonyl (C=O) groups is 2. The van der Waals surface area contributed by atoms with Crippen molar-refractivity contribution in [3.63, 3.8) is 0 Å². The van der Waals surface area contributed by atoms with Crippen molar-refractivity contribution in [1.82, 2.24) is 29.9 Å². The van der Waals surface area contributed by atoms with Gasteiger partial charge in [0.25, 0.3) is 11.8 Å². The topological polar surface area (TPSA) is 294 Å². The Balaban J connectivity index is 0.00000600. The molecule has 296 valence electrons. The van der Waals surface area contributed by atoms with E-state index in [1.807, 2.05) is 0 Å². The van der Waals surface area contributed by atoms with Gasteiger partial charge in [-0.15, -0.1) is 0 Å². The molecule has 0 saturated heterocycles. The van der Waals surface area contributed by atoms with E-state index in [-0.39, 0.29) is 25.5 Å². The third-order valence-electron chi connectivity index (χ3n) is 7.54. The van der Waals surface area contributed by atoms with Crippen LogP contribution in [0.4, 0.5) is 10.3 Å². The molecular weight excluding hydrogens is 833 g/mol. The molecule has 0 fully saturated rings. The fourth-order valence-electron chi connectivity index (χ4n) is 5.22. The average molecular weight is 865 g/mol. The van der Waals surface area contributed by atoms with Crippen LogP contribution in [-0.4, -0.2) is 98.2 Å². The Kier molecular flexibility index (Phi) is 12.3. The SMILES string of the molecule is Cc1nc(NC(=O)COS(=O)(=O)OCC(=O)Nc2nc(C)c(-c3ccc(S(C)(=O)=O)c(-c4ncc[nH]4)c3)s2)sc1-c1ccc(S(C)(=O)=O)c(-c2ncc[nH]2)c1.O. The number of amides is 2. The van der Waals surface area contributed by atoms with Gasteiger partial charge in [-0.2, -0.15) is 8.42 Å². The minimum absolute atomic E-state index is 0. The normalized spacial score (nSPS) is 11.9. The molecular formula is C32H32N8O11S5. The lowest BCUT2D eigenvalue weighted by Gasteiger charge is -2.08. The zero-order valence-corrected chi connectivity index (χ0v) is 33.7. The van der Waals surface area contributed by atoms with Crippen molar-refractivity contribution in [3.05, 3.63) is 72.6 Å². The predicted molar refractivity (Wildman–Crippen MR) is 208 cm³/mol. The van der Waals surface area contributed by atoms with Crippen LogP contribution in [0, 0.1) is 13.8 Å². The minimum Gasteiger partial charge on any atom is -0.412 e. The standard InChI is InChI=1S/C32H30N8O10S5.H2O/c1-17-27(19-5-7-23(53(3,43)44)21(13-19)29-33-9-10-34-29)51-31(37-17)39-25(41)15-49-55(47,48)50-16-26(42)40-32-38-18(2)28(52-32)20-6-8-24(54(4,45)46)22(14-20)30-35-11-12-36-30;/h5-14H,15-16H2,1-4H3,(H,33,34)(H,35,36)(H,37,39,41)(H,38,40,42);1H2. The zero-order chi connectivity index (χ0) is 39.7. The summed E-state index contributed by atoms with van der Waals surface area (Å²) in [7, 11) is -12.0. The molecule has 6 aromatic rings. The van der Waals surface area contributed by atoms with Crippen LogP contribution in [0.5, 0.6) is 0 Å². The maximum atomic E-state index is 12.6. The largest absolute Gasteiger partial charge is 0.412 e. The Bertz CT molecular complexity index is 2560. The molecule has 24 heteroatoms. The predicted octanol–water partition coefficient (Wildman–Crippen LogP) is 3.17. The highest BCUT2D eigenvalue weighted by atomic mass is 32.3. The average Bonchev–Trinajstić information content (AvgIpc) is 3.94. The monoisotopic (exact) mass is 864 g/mol. The number of benzene rings is 2. The number of nitrogens with one attached hydrogen (secondary N) is 4. The molecule has 4 aromatic heterocycles. The molecule has 2 aromatic carbocycles. The first-order valence-corrected chi connectivity index (χ1v) is 22.4. The van der Waals surface area contributed by atoms with Crippen LogP contribution in [0.2, 0.25) is 0 Å². The molecule has 2 amide bonds. The van der Waals surface area contributed by atoms with E-state index in [9.17, 15) is 34.8 Å². The fraction of sp³-hybridized carbons (Fsp3) is 0.188. The first-order valence-electron chi connectivity index (χ1n) is 15.6. The number of hydrogen-bond donors (Lipinski definition) is 4. The number of aryl methyl sites for hydroxylation is 2. The highest BCUT2D eigenvalue weighted by Crippen LogP contribution is 2.38. The van der Waals surface area contributed by atoms with Crippen molar-refractivity contribution in [1.29, 1.82) is 0 Å². The number of imidazole rings is 2. The van der Waals surface area contributed by atoms with E-state index in [0.717, 1.165) is 35.2 Å².